The number of urea groups is 1. The number of imide groups is 1. The molecule has 0 heterocycles. The highest BCUT2D eigenvalue weighted by atomic mass is 79.9. The van der Waals surface area contributed by atoms with Gasteiger partial charge in [0.05, 0.1) is 0 Å². The van der Waals surface area contributed by atoms with Crippen LogP contribution in [0.3, 0.4) is 0 Å². The van der Waals surface area contributed by atoms with Crippen LogP contribution in [0.25, 0.3) is 0 Å². The summed E-state index contributed by atoms with van der Waals surface area (Å²) in [5.74, 6) is 0.0586. The zero-order valence-electron chi connectivity index (χ0n) is 9.49. The molecule has 2 N–H and O–H groups in total. The lowest BCUT2D eigenvalue weighted by Gasteiger charge is -2.13. The Hall–Kier alpha value is -1.56. The molecule has 0 aliphatic carbocycles. The predicted octanol–water partition coefficient (Wildman–Crippen LogP) is 1.67. The summed E-state index contributed by atoms with van der Waals surface area (Å²) in [6, 6.07) is 6.56. The van der Waals surface area contributed by atoms with E-state index in [1.54, 1.807) is 25.1 Å². The van der Waals surface area contributed by atoms with E-state index in [0.29, 0.717) is 5.75 Å². The first kappa shape index (κ1) is 13.5. The van der Waals surface area contributed by atoms with Crippen molar-refractivity contribution >= 4 is 27.9 Å². The Morgan fingerprint density at radius 3 is 2.71 bits per heavy atom. The number of rotatable bonds is 3. The summed E-state index contributed by atoms with van der Waals surface area (Å²) in [5, 5.41) is 4.43. The number of nitrogens with one attached hydrogen (secondary N) is 2. The van der Waals surface area contributed by atoms with Crippen LogP contribution in [-0.2, 0) is 4.79 Å². The summed E-state index contributed by atoms with van der Waals surface area (Å²) in [6.45, 7) is 1.57. The fourth-order valence-electron chi connectivity index (χ4n) is 1.07. The number of carbonyl (C=O) groups is 2. The van der Waals surface area contributed by atoms with Gasteiger partial charge in [-0.15, -0.1) is 0 Å². The van der Waals surface area contributed by atoms with E-state index in [1.807, 2.05) is 6.07 Å². The van der Waals surface area contributed by atoms with Gasteiger partial charge in [0.15, 0.2) is 6.10 Å². The quantitative estimate of drug-likeness (QED) is 0.892. The highest BCUT2D eigenvalue weighted by Crippen LogP contribution is 2.18. The number of ether oxygens (including phenoxy) is 1. The maximum Gasteiger partial charge on any atom is 0.321 e. The van der Waals surface area contributed by atoms with Crippen molar-refractivity contribution in [1.82, 2.24) is 10.6 Å². The molecule has 0 radical (unpaired) electrons. The SMILES string of the molecule is CNC(=O)NC(=O)C(C)Oc1cccc(Br)c1. The summed E-state index contributed by atoms with van der Waals surface area (Å²) in [4.78, 5) is 22.4. The van der Waals surface area contributed by atoms with Crippen LogP contribution >= 0.6 is 15.9 Å². The van der Waals surface area contributed by atoms with Gasteiger partial charge >= 0.3 is 6.03 Å². The van der Waals surface area contributed by atoms with Crippen LogP contribution in [0.5, 0.6) is 5.75 Å². The van der Waals surface area contributed by atoms with Gasteiger partial charge in [0.25, 0.3) is 5.91 Å². The van der Waals surface area contributed by atoms with Crippen LogP contribution in [0.1, 0.15) is 6.92 Å². The third-order valence-electron chi connectivity index (χ3n) is 1.94. The van der Waals surface area contributed by atoms with Gasteiger partial charge in [0, 0.05) is 11.5 Å². The molecule has 0 fully saturated rings. The Kier molecular flexibility index (Phi) is 4.96. The largest absolute Gasteiger partial charge is 0.481 e. The molecule has 1 rings (SSSR count). The molecule has 92 valence electrons. The molecule has 3 amide bonds. The molecular formula is C11H13BrN2O3. The van der Waals surface area contributed by atoms with Crippen LogP contribution in [0.4, 0.5) is 4.79 Å². The van der Waals surface area contributed by atoms with Gasteiger partial charge in [-0.3, -0.25) is 10.1 Å². The molecule has 1 unspecified atom stereocenters. The molecule has 1 aromatic rings. The van der Waals surface area contributed by atoms with Gasteiger partial charge in [-0.2, -0.15) is 0 Å². The Balaban J connectivity index is 2.57. The smallest absolute Gasteiger partial charge is 0.321 e. The summed E-state index contributed by atoms with van der Waals surface area (Å²) >= 11 is 3.30. The molecule has 0 aliphatic rings. The van der Waals surface area contributed by atoms with Crippen LogP contribution in [0, 0.1) is 0 Å². The molecule has 1 atom stereocenters. The van der Waals surface area contributed by atoms with Crippen molar-refractivity contribution in [2.75, 3.05) is 7.05 Å². The molecule has 6 heteroatoms. The Bertz CT molecular complexity index is 423. The highest BCUT2D eigenvalue weighted by Gasteiger charge is 2.16. The molecule has 17 heavy (non-hydrogen) atoms. The normalized spacial score (nSPS) is 11.5. The van der Waals surface area contributed by atoms with E-state index in [2.05, 4.69) is 26.6 Å². The van der Waals surface area contributed by atoms with Crippen molar-refractivity contribution in [1.29, 1.82) is 0 Å². The second-order valence-electron chi connectivity index (χ2n) is 3.29. The number of halogens is 1. The summed E-state index contributed by atoms with van der Waals surface area (Å²) in [7, 11) is 1.43. The monoisotopic (exact) mass is 300 g/mol. The molecular weight excluding hydrogens is 288 g/mol. The van der Waals surface area contributed by atoms with Crippen LogP contribution in [0.15, 0.2) is 28.7 Å². The van der Waals surface area contributed by atoms with Gasteiger partial charge < -0.3 is 10.1 Å². The summed E-state index contributed by atoms with van der Waals surface area (Å²) in [5.41, 5.74) is 0. The van der Waals surface area contributed by atoms with E-state index in [1.165, 1.54) is 7.05 Å². The summed E-state index contributed by atoms with van der Waals surface area (Å²) < 4.78 is 6.24. The number of hydrogen-bond donors (Lipinski definition) is 2. The molecule has 5 nitrogen and oxygen atoms in total. The average molecular weight is 301 g/mol. The van der Waals surface area contributed by atoms with E-state index >= 15 is 0 Å². The van der Waals surface area contributed by atoms with Crippen LogP contribution in [-0.4, -0.2) is 25.1 Å². The molecule has 0 saturated heterocycles. The van der Waals surface area contributed by atoms with Crippen molar-refractivity contribution in [3.05, 3.63) is 28.7 Å². The zero-order chi connectivity index (χ0) is 12.8. The molecule has 0 saturated carbocycles. The van der Waals surface area contributed by atoms with Crippen LogP contribution < -0.4 is 15.4 Å². The Morgan fingerprint density at radius 2 is 2.12 bits per heavy atom. The lowest BCUT2D eigenvalue weighted by atomic mass is 10.3. The second-order valence-corrected chi connectivity index (χ2v) is 4.20. The van der Waals surface area contributed by atoms with E-state index in [4.69, 9.17) is 4.74 Å². The van der Waals surface area contributed by atoms with Crippen molar-refractivity contribution in [3.63, 3.8) is 0 Å². The molecule has 0 aliphatic heterocycles. The molecule has 0 aromatic heterocycles. The van der Waals surface area contributed by atoms with E-state index in [9.17, 15) is 9.59 Å². The number of carbonyl (C=O) groups excluding carboxylic acids is 2. The molecule has 1 aromatic carbocycles. The maximum absolute atomic E-state index is 11.5. The molecule has 0 spiro atoms. The molecule has 0 bridgehead atoms. The van der Waals surface area contributed by atoms with Gasteiger partial charge in [0.1, 0.15) is 5.75 Å². The van der Waals surface area contributed by atoms with Crippen molar-refractivity contribution < 1.29 is 14.3 Å². The number of benzene rings is 1. The lowest BCUT2D eigenvalue weighted by Crippen LogP contribution is -2.43. The topological polar surface area (TPSA) is 67.4 Å². The first-order valence-corrected chi connectivity index (χ1v) is 5.77. The van der Waals surface area contributed by atoms with E-state index < -0.39 is 18.0 Å². The fourth-order valence-corrected chi connectivity index (χ4v) is 1.45. The third kappa shape index (κ3) is 4.44. The van der Waals surface area contributed by atoms with Gasteiger partial charge in [-0.1, -0.05) is 22.0 Å². The van der Waals surface area contributed by atoms with Crippen LogP contribution in [0.2, 0.25) is 0 Å². The average Bonchev–Trinajstić information content (AvgIpc) is 2.28. The van der Waals surface area contributed by atoms with Crippen molar-refractivity contribution in [3.8, 4) is 5.75 Å². The fraction of sp³-hybridized carbons (Fsp3) is 0.273. The predicted molar refractivity (Wildman–Crippen MR) is 66.8 cm³/mol. The standard InChI is InChI=1S/C11H13BrN2O3/c1-7(10(15)14-11(16)13-2)17-9-5-3-4-8(12)6-9/h3-7H,1-2H3,(H2,13,14,15,16). The minimum Gasteiger partial charge on any atom is -0.481 e. The minimum atomic E-state index is -0.749. The third-order valence-corrected chi connectivity index (χ3v) is 2.44. The highest BCUT2D eigenvalue weighted by molar-refractivity contribution is 9.10. The van der Waals surface area contributed by atoms with Gasteiger partial charge in [-0.05, 0) is 25.1 Å². The maximum atomic E-state index is 11.5. The van der Waals surface area contributed by atoms with Gasteiger partial charge in [-0.25, -0.2) is 4.79 Å². The summed E-state index contributed by atoms with van der Waals surface area (Å²) in [6.07, 6.45) is -0.749. The first-order chi connectivity index (χ1) is 8.02. The zero-order valence-corrected chi connectivity index (χ0v) is 11.1. The van der Waals surface area contributed by atoms with E-state index in [0.717, 1.165) is 4.47 Å². The first-order valence-electron chi connectivity index (χ1n) is 4.97. The van der Waals surface area contributed by atoms with Crippen molar-refractivity contribution in [2.45, 2.75) is 13.0 Å². The second kappa shape index (κ2) is 6.24. The lowest BCUT2D eigenvalue weighted by molar-refractivity contribution is -0.126. The minimum absolute atomic E-state index is 0.496. The number of amides is 3. The Morgan fingerprint density at radius 1 is 1.41 bits per heavy atom. The van der Waals surface area contributed by atoms with E-state index in [-0.39, 0.29) is 0 Å². The number of hydrogen-bond acceptors (Lipinski definition) is 3. The van der Waals surface area contributed by atoms with Gasteiger partial charge in [0.2, 0.25) is 0 Å². The van der Waals surface area contributed by atoms with Crippen molar-refractivity contribution in [2.24, 2.45) is 0 Å². The Labute approximate surface area is 108 Å².